The van der Waals surface area contributed by atoms with Crippen LogP contribution in [0.3, 0.4) is 0 Å². The van der Waals surface area contributed by atoms with Crippen molar-refractivity contribution in [2.75, 3.05) is 13.2 Å². The third-order valence-corrected chi connectivity index (χ3v) is 3.19. The summed E-state index contributed by atoms with van der Waals surface area (Å²) in [6.07, 6.45) is 9.41. The molecule has 0 rings (SSSR count). The zero-order valence-electron chi connectivity index (χ0n) is 14.4. The molecule has 0 aromatic heterocycles. The minimum absolute atomic E-state index is 0.250. The largest absolute Gasteiger partial charge is 0.463 e. The van der Waals surface area contributed by atoms with E-state index >= 15 is 0 Å². The van der Waals surface area contributed by atoms with E-state index in [4.69, 9.17) is 9.47 Å². The van der Waals surface area contributed by atoms with Crippen molar-refractivity contribution in [1.29, 1.82) is 0 Å². The third kappa shape index (κ3) is 12.2. The molecule has 0 saturated carbocycles. The lowest BCUT2D eigenvalue weighted by molar-refractivity contribution is -0.138. The Labute approximate surface area is 134 Å². The van der Waals surface area contributed by atoms with E-state index in [-0.39, 0.29) is 11.9 Å². The average molecular weight is 310 g/mol. The van der Waals surface area contributed by atoms with E-state index < -0.39 is 0 Å². The van der Waals surface area contributed by atoms with Crippen LogP contribution in [0, 0.1) is 0 Å². The molecule has 4 nitrogen and oxygen atoms in total. The van der Waals surface area contributed by atoms with Gasteiger partial charge < -0.3 is 9.47 Å². The number of allylic oxidation sites excluding steroid dienone is 2. The maximum absolute atomic E-state index is 11.3. The van der Waals surface area contributed by atoms with Crippen LogP contribution in [0.5, 0.6) is 0 Å². The van der Waals surface area contributed by atoms with Gasteiger partial charge in [-0.2, -0.15) is 0 Å². The first kappa shape index (κ1) is 20.4. The predicted molar refractivity (Wildman–Crippen MR) is 88.5 cm³/mol. The van der Waals surface area contributed by atoms with Crippen LogP contribution >= 0.6 is 0 Å². The Morgan fingerprint density at radius 1 is 0.727 bits per heavy atom. The lowest BCUT2D eigenvalue weighted by atomic mass is 10.0. The van der Waals surface area contributed by atoms with Crippen molar-refractivity contribution in [3.63, 3.8) is 0 Å². The maximum atomic E-state index is 11.3. The first-order valence-corrected chi connectivity index (χ1v) is 8.17. The quantitative estimate of drug-likeness (QED) is 0.323. The molecule has 0 amide bonds. The van der Waals surface area contributed by atoms with Gasteiger partial charge in [-0.15, -0.1) is 0 Å². The van der Waals surface area contributed by atoms with Gasteiger partial charge in [-0.25, -0.2) is 9.59 Å². The van der Waals surface area contributed by atoms with E-state index in [0.717, 1.165) is 49.7 Å². The summed E-state index contributed by atoms with van der Waals surface area (Å²) in [6, 6.07) is 0. The van der Waals surface area contributed by atoms with Gasteiger partial charge in [-0.1, -0.05) is 24.0 Å². The summed E-state index contributed by atoms with van der Waals surface area (Å²) in [5.74, 6) is -0.501. The highest BCUT2D eigenvalue weighted by Crippen LogP contribution is 2.13. The van der Waals surface area contributed by atoms with Gasteiger partial charge in [-0.3, -0.25) is 0 Å². The van der Waals surface area contributed by atoms with Gasteiger partial charge in [0, 0.05) is 12.2 Å². The Balaban J connectivity index is 3.73. The third-order valence-electron chi connectivity index (χ3n) is 3.19. The van der Waals surface area contributed by atoms with Crippen LogP contribution in [0.2, 0.25) is 0 Å². The smallest absolute Gasteiger partial charge is 0.330 e. The van der Waals surface area contributed by atoms with Crippen molar-refractivity contribution < 1.29 is 19.1 Å². The summed E-state index contributed by atoms with van der Waals surface area (Å²) in [6.45, 7) is 8.37. The van der Waals surface area contributed by atoms with Crippen LogP contribution in [-0.2, 0) is 19.1 Å². The summed E-state index contributed by atoms with van der Waals surface area (Å²) in [5, 5.41) is 0. The number of carbonyl (C=O) groups is 2. The van der Waals surface area contributed by atoms with Crippen LogP contribution in [-0.4, -0.2) is 25.2 Å². The number of esters is 2. The molecule has 0 fully saturated rings. The molecule has 0 aromatic rings. The van der Waals surface area contributed by atoms with Crippen LogP contribution in [0.15, 0.2) is 23.3 Å². The van der Waals surface area contributed by atoms with Crippen LogP contribution < -0.4 is 0 Å². The van der Waals surface area contributed by atoms with Gasteiger partial charge in [0.2, 0.25) is 0 Å². The van der Waals surface area contributed by atoms with E-state index in [1.807, 2.05) is 13.8 Å². The number of carbonyl (C=O) groups excluding carboxylic acids is 2. The molecule has 0 unspecified atom stereocenters. The molecule has 0 spiro atoms. The van der Waals surface area contributed by atoms with Crippen molar-refractivity contribution in [3.05, 3.63) is 23.3 Å². The highest BCUT2D eigenvalue weighted by molar-refractivity contribution is 5.83. The second kappa shape index (κ2) is 13.1. The zero-order valence-corrected chi connectivity index (χ0v) is 14.4. The number of hydrogen-bond acceptors (Lipinski definition) is 4. The molecule has 0 aliphatic rings. The minimum atomic E-state index is -0.250. The van der Waals surface area contributed by atoms with Crippen LogP contribution in [0.25, 0.3) is 0 Å². The topological polar surface area (TPSA) is 52.6 Å². The Bertz CT molecular complexity index is 356. The fourth-order valence-corrected chi connectivity index (χ4v) is 2.08. The maximum Gasteiger partial charge on any atom is 0.330 e. The molecule has 4 heteroatoms. The number of ether oxygens (including phenoxy) is 2. The average Bonchev–Trinajstić information content (AvgIpc) is 2.42. The Morgan fingerprint density at radius 2 is 1.09 bits per heavy atom. The lowest BCUT2D eigenvalue weighted by Crippen LogP contribution is -2.00. The lowest BCUT2D eigenvalue weighted by Gasteiger charge is -2.04. The normalized spacial score (nSPS) is 12.2. The molecule has 22 heavy (non-hydrogen) atoms. The Hall–Kier alpha value is -1.58. The van der Waals surface area contributed by atoms with Gasteiger partial charge in [0.25, 0.3) is 0 Å². The molecule has 0 aliphatic carbocycles. The van der Waals surface area contributed by atoms with Gasteiger partial charge in [0.05, 0.1) is 13.2 Å². The number of rotatable bonds is 11. The van der Waals surface area contributed by atoms with Crippen molar-refractivity contribution >= 4 is 11.9 Å². The first-order chi connectivity index (χ1) is 10.5. The zero-order chi connectivity index (χ0) is 16.8. The molecular weight excluding hydrogens is 280 g/mol. The minimum Gasteiger partial charge on any atom is -0.463 e. The number of hydrogen-bond donors (Lipinski definition) is 0. The monoisotopic (exact) mass is 310 g/mol. The molecule has 0 radical (unpaired) electrons. The molecule has 0 aromatic carbocycles. The Kier molecular flexibility index (Phi) is 12.2. The molecule has 0 atom stereocenters. The fourth-order valence-electron chi connectivity index (χ4n) is 2.08. The van der Waals surface area contributed by atoms with E-state index in [1.54, 1.807) is 26.0 Å². The van der Waals surface area contributed by atoms with Gasteiger partial charge in [-0.05, 0) is 53.4 Å². The molecule has 0 N–H and O–H groups in total. The molecular formula is C18H30O4. The molecule has 0 heterocycles. The summed E-state index contributed by atoms with van der Waals surface area (Å²) in [5.41, 5.74) is 2.13. The van der Waals surface area contributed by atoms with E-state index in [1.165, 1.54) is 0 Å². The van der Waals surface area contributed by atoms with Crippen LogP contribution in [0.4, 0.5) is 0 Å². The summed E-state index contributed by atoms with van der Waals surface area (Å²) in [7, 11) is 0. The fraction of sp³-hybridized carbons (Fsp3) is 0.667. The summed E-state index contributed by atoms with van der Waals surface area (Å²) in [4.78, 5) is 22.5. The summed E-state index contributed by atoms with van der Waals surface area (Å²) < 4.78 is 9.75. The van der Waals surface area contributed by atoms with Gasteiger partial charge in [0.1, 0.15) is 0 Å². The van der Waals surface area contributed by atoms with Crippen molar-refractivity contribution in [2.24, 2.45) is 0 Å². The highest BCUT2D eigenvalue weighted by Gasteiger charge is 2.00. The highest BCUT2D eigenvalue weighted by atomic mass is 16.5. The SMILES string of the molecule is CCOC(=O)/C=C(\C)CCCCCC/C(C)=C/C(=O)OCC. The molecule has 0 aliphatic heterocycles. The Morgan fingerprint density at radius 3 is 1.41 bits per heavy atom. The van der Waals surface area contributed by atoms with Gasteiger partial charge in [0.15, 0.2) is 0 Å². The second-order valence-corrected chi connectivity index (χ2v) is 5.40. The second-order valence-electron chi connectivity index (χ2n) is 5.40. The van der Waals surface area contributed by atoms with Crippen molar-refractivity contribution in [2.45, 2.75) is 66.2 Å². The molecule has 126 valence electrons. The van der Waals surface area contributed by atoms with Crippen molar-refractivity contribution in [3.8, 4) is 0 Å². The summed E-state index contributed by atoms with van der Waals surface area (Å²) >= 11 is 0. The first-order valence-electron chi connectivity index (χ1n) is 8.17. The van der Waals surface area contributed by atoms with Crippen molar-refractivity contribution in [1.82, 2.24) is 0 Å². The van der Waals surface area contributed by atoms with E-state index in [0.29, 0.717) is 13.2 Å². The standard InChI is InChI=1S/C18H30O4/c1-5-21-17(19)13-15(3)11-9-7-8-10-12-16(4)14-18(20)22-6-2/h13-14H,5-12H2,1-4H3/b15-13+,16-14+. The van der Waals surface area contributed by atoms with Gasteiger partial charge >= 0.3 is 11.9 Å². The van der Waals surface area contributed by atoms with Crippen LogP contribution in [0.1, 0.15) is 66.2 Å². The number of unbranched alkanes of at least 4 members (excludes halogenated alkanes) is 3. The van der Waals surface area contributed by atoms with E-state index in [2.05, 4.69) is 0 Å². The predicted octanol–water partition coefficient (Wildman–Crippen LogP) is 4.35. The molecule has 0 saturated heterocycles. The van der Waals surface area contributed by atoms with E-state index in [9.17, 15) is 9.59 Å². The molecule has 0 bridgehead atoms.